The van der Waals surface area contributed by atoms with Crippen molar-refractivity contribution in [3.05, 3.63) is 131 Å². The van der Waals surface area contributed by atoms with Gasteiger partial charge in [0, 0.05) is 10.8 Å². The summed E-state index contributed by atoms with van der Waals surface area (Å²) in [7, 11) is 0. The SMILES string of the molecule is CCC1(CC)c2ccccc2-c2ccc3c(c21)C(C)(C)c1c-3c2ccccc2c2c3ccccc3c3ccccc3c12. The van der Waals surface area contributed by atoms with Crippen molar-refractivity contribution in [1.82, 2.24) is 0 Å². The number of fused-ring (bicyclic) bond motifs is 17. The summed E-state index contributed by atoms with van der Waals surface area (Å²) < 4.78 is 0. The highest BCUT2D eigenvalue weighted by molar-refractivity contribution is 6.35. The summed E-state index contributed by atoms with van der Waals surface area (Å²) in [6, 6.07) is 41.4. The second-order valence-corrected chi connectivity index (χ2v) is 13.0. The fourth-order valence-electron chi connectivity index (χ4n) is 9.33. The lowest BCUT2D eigenvalue weighted by Crippen LogP contribution is -2.28. The van der Waals surface area contributed by atoms with Gasteiger partial charge in [0.1, 0.15) is 0 Å². The third-order valence-electron chi connectivity index (χ3n) is 11.0. The van der Waals surface area contributed by atoms with Gasteiger partial charge in [-0.2, -0.15) is 0 Å². The Morgan fingerprint density at radius 1 is 0.429 bits per heavy atom. The van der Waals surface area contributed by atoms with Crippen LogP contribution in [0.4, 0.5) is 0 Å². The van der Waals surface area contributed by atoms with E-state index in [0.717, 1.165) is 12.8 Å². The summed E-state index contributed by atoms with van der Waals surface area (Å²) in [5.74, 6) is 0. The van der Waals surface area contributed by atoms with Crippen LogP contribution in [0.1, 0.15) is 62.8 Å². The third-order valence-corrected chi connectivity index (χ3v) is 11.0. The van der Waals surface area contributed by atoms with Crippen LogP contribution in [-0.4, -0.2) is 0 Å². The van der Waals surface area contributed by atoms with E-state index in [2.05, 4.69) is 137 Å². The smallest absolute Gasteiger partial charge is 0.0213 e. The van der Waals surface area contributed by atoms with Crippen molar-refractivity contribution < 1.29 is 0 Å². The second kappa shape index (κ2) is 8.11. The minimum absolute atomic E-state index is 0.0248. The molecule has 0 atom stereocenters. The van der Waals surface area contributed by atoms with Gasteiger partial charge in [-0.25, -0.2) is 0 Å². The fourth-order valence-corrected chi connectivity index (χ4v) is 9.33. The molecular weight excluding hydrogens is 504 g/mol. The van der Waals surface area contributed by atoms with Crippen LogP contribution in [0.2, 0.25) is 0 Å². The quantitative estimate of drug-likeness (QED) is 0.192. The van der Waals surface area contributed by atoms with Crippen molar-refractivity contribution in [2.45, 2.75) is 51.4 Å². The molecule has 0 amide bonds. The second-order valence-electron chi connectivity index (χ2n) is 13.0. The molecule has 0 nitrogen and oxygen atoms in total. The maximum atomic E-state index is 2.51. The molecule has 2 aliphatic rings. The Balaban J connectivity index is 1.54. The molecule has 0 spiro atoms. The van der Waals surface area contributed by atoms with Gasteiger partial charge in [-0.05, 0) is 100 Å². The van der Waals surface area contributed by atoms with Crippen LogP contribution >= 0.6 is 0 Å². The first-order chi connectivity index (χ1) is 20.5. The lowest BCUT2D eigenvalue weighted by molar-refractivity contribution is 0.478. The molecule has 0 heteroatoms. The maximum absolute atomic E-state index is 2.51. The van der Waals surface area contributed by atoms with Gasteiger partial charge < -0.3 is 0 Å². The van der Waals surface area contributed by atoms with E-state index in [9.17, 15) is 0 Å². The molecule has 0 heterocycles. The Kier molecular flexibility index (Phi) is 4.67. The first-order valence-electron chi connectivity index (χ1n) is 15.6. The topological polar surface area (TPSA) is 0 Å². The van der Waals surface area contributed by atoms with E-state index in [-0.39, 0.29) is 10.8 Å². The molecule has 0 bridgehead atoms. The summed E-state index contributed by atoms with van der Waals surface area (Å²) in [5.41, 5.74) is 11.7. The minimum Gasteiger partial charge on any atom is -0.0642 e. The van der Waals surface area contributed by atoms with Gasteiger partial charge in [-0.15, -0.1) is 0 Å². The van der Waals surface area contributed by atoms with Gasteiger partial charge in [0.2, 0.25) is 0 Å². The Labute approximate surface area is 247 Å². The van der Waals surface area contributed by atoms with Crippen molar-refractivity contribution in [3.8, 4) is 22.3 Å². The Hall–Kier alpha value is -4.42. The monoisotopic (exact) mass is 538 g/mol. The Bertz CT molecular complexity index is 2290. The van der Waals surface area contributed by atoms with Crippen LogP contribution in [0.5, 0.6) is 0 Å². The van der Waals surface area contributed by atoms with Gasteiger partial charge in [0.15, 0.2) is 0 Å². The van der Waals surface area contributed by atoms with Crippen molar-refractivity contribution in [3.63, 3.8) is 0 Å². The molecule has 42 heavy (non-hydrogen) atoms. The molecule has 0 unspecified atom stereocenters. The minimum atomic E-state index is -0.166. The lowest BCUT2D eigenvalue weighted by Gasteiger charge is -2.35. The zero-order chi connectivity index (χ0) is 28.4. The van der Waals surface area contributed by atoms with E-state index in [1.807, 2.05) is 0 Å². The van der Waals surface area contributed by atoms with E-state index in [1.54, 1.807) is 11.1 Å². The largest absolute Gasteiger partial charge is 0.0642 e. The number of rotatable bonds is 2. The van der Waals surface area contributed by atoms with Crippen molar-refractivity contribution in [2.75, 3.05) is 0 Å². The first kappa shape index (κ1) is 24.2. The van der Waals surface area contributed by atoms with E-state index in [0.29, 0.717) is 0 Å². The first-order valence-corrected chi connectivity index (χ1v) is 15.6. The Morgan fingerprint density at radius 2 is 0.929 bits per heavy atom. The predicted octanol–water partition coefficient (Wildman–Crippen LogP) is 11.7. The molecule has 9 rings (SSSR count). The molecule has 0 saturated heterocycles. The molecule has 0 aromatic heterocycles. The normalized spacial score (nSPS) is 15.7. The molecule has 0 fully saturated rings. The van der Waals surface area contributed by atoms with Gasteiger partial charge in [0.05, 0.1) is 0 Å². The van der Waals surface area contributed by atoms with Gasteiger partial charge in [-0.1, -0.05) is 137 Å². The third kappa shape index (κ3) is 2.66. The van der Waals surface area contributed by atoms with E-state index in [4.69, 9.17) is 0 Å². The highest BCUT2D eigenvalue weighted by Gasteiger charge is 2.49. The van der Waals surface area contributed by atoms with Crippen molar-refractivity contribution in [2.24, 2.45) is 0 Å². The van der Waals surface area contributed by atoms with Gasteiger partial charge in [0.25, 0.3) is 0 Å². The molecule has 0 N–H and O–H groups in total. The lowest BCUT2D eigenvalue weighted by atomic mass is 9.67. The average Bonchev–Trinajstić information content (AvgIpc) is 3.46. The highest BCUT2D eigenvalue weighted by Crippen LogP contribution is 2.63. The molecule has 0 aliphatic heterocycles. The van der Waals surface area contributed by atoms with E-state index in [1.165, 1.54) is 76.5 Å². The summed E-state index contributed by atoms with van der Waals surface area (Å²) in [5, 5.41) is 11.0. The Morgan fingerprint density at radius 3 is 1.57 bits per heavy atom. The van der Waals surface area contributed by atoms with Crippen LogP contribution in [-0.2, 0) is 10.8 Å². The van der Waals surface area contributed by atoms with Crippen LogP contribution in [0.25, 0.3) is 65.3 Å². The molecule has 0 radical (unpaired) electrons. The van der Waals surface area contributed by atoms with E-state index >= 15 is 0 Å². The zero-order valence-corrected chi connectivity index (χ0v) is 24.8. The van der Waals surface area contributed by atoms with Crippen molar-refractivity contribution >= 4 is 43.1 Å². The summed E-state index contributed by atoms with van der Waals surface area (Å²) in [6.45, 7) is 9.81. The summed E-state index contributed by atoms with van der Waals surface area (Å²) in [6.07, 6.45) is 2.21. The number of hydrogen-bond donors (Lipinski definition) is 0. The van der Waals surface area contributed by atoms with Crippen LogP contribution in [0.3, 0.4) is 0 Å². The summed E-state index contributed by atoms with van der Waals surface area (Å²) >= 11 is 0. The number of benzene rings is 7. The maximum Gasteiger partial charge on any atom is 0.0213 e. The molecule has 0 saturated carbocycles. The number of hydrogen-bond acceptors (Lipinski definition) is 0. The van der Waals surface area contributed by atoms with Crippen molar-refractivity contribution in [1.29, 1.82) is 0 Å². The predicted molar refractivity (Wildman–Crippen MR) is 181 cm³/mol. The van der Waals surface area contributed by atoms with Crippen LogP contribution < -0.4 is 0 Å². The standard InChI is InChI=1S/C42H34/c1-5-42(6-2)34-22-14-13-17-27(34)32-23-24-33-36-31-21-12-11-20-30(31)35-28-18-9-7-15-25(28)26-16-8-10-19-29(26)37(35)40(36)41(3,4)38(33)39(32)42/h7-24H,5-6H2,1-4H3. The fraction of sp³-hybridized carbons (Fsp3) is 0.190. The van der Waals surface area contributed by atoms with Gasteiger partial charge >= 0.3 is 0 Å². The summed E-state index contributed by atoms with van der Waals surface area (Å²) in [4.78, 5) is 0. The van der Waals surface area contributed by atoms with Gasteiger partial charge in [-0.3, -0.25) is 0 Å². The molecular formula is C42H34. The highest BCUT2D eigenvalue weighted by atomic mass is 14.5. The molecule has 202 valence electrons. The average molecular weight is 539 g/mol. The molecule has 7 aromatic rings. The van der Waals surface area contributed by atoms with Crippen LogP contribution in [0.15, 0.2) is 109 Å². The van der Waals surface area contributed by atoms with Crippen LogP contribution in [0, 0.1) is 0 Å². The zero-order valence-electron chi connectivity index (χ0n) is 24.8. The molecule has 7 aromatic carbocycles. The van der Waals surface area contributed by atoms with E-state index < -0.39 is 0 Å². The molecule has 2 aliphatic carbocycles.